The van der Waals surface area contributed by atoms with E-state index in [2.05, 4.69) is 135 Å². The quantitative estimate of drug-likeness (QED) is 0.175. The van der Waals surface area contributed by atoms with E-state index in [0.29, 0.717) is 11.8 Å². The number of aromatic nitrogens is 2. The van der Waals surface area contributed by atoms with Crippen molar-refractivity contribution in [3.05, 3.63) is 181 Å². The van der Waals surface area contributed by atoms with Crippen molar-refractivity contribution in [2.75, 3.05) is 0 Å². The van der Waals surface area contributed by atoms with Gasteiger partial charge >= 0.3 is 0 Å². The van der Waals surface area contributed by atoms with Crippen LogP contribution < -0.4 is 0 Å². The SMILES string of the molecule is CC1(C)c2cc(-c3cc(-c4ccc(-c5nc6ccccc6o5)cc4)cc(-c4ccc(-c5nc6ccccc6o5)cc4)c3)ccc2-c2c1ccc1sc3ccccc3c21. The third-order valence-electron chi connectivity index (χ3n) is 12.0. The Morgan fingerprint density at radius 1 is 0.431 bits per heavy atom. The molecule has 0 radical (unpaired) electrons. The standard InChI is InChI=1S/C53H34N2O2S/c1-53(2)41-25-26-48-50(40-9-3-8-14-47(40)58-48)49(41)39-24-23-35(30-42(39)53)38-28-36(31-15-19-33(20-16-31)51-54-43-10-4-6-12-45(43)56-51)27-37(29-38)32-17-21-34(22-18-32)52-55-44-11-5-7-13-46(44)57-52/h3-30H,1-2H3. The molecule has 3 aromatic heterocycles. The highest BCUT2D eigenvalue weighted by Gasteiger charge is 2.37. The largest absolute Gasteiger partial charge is 0.436 e. The Hall–Kier alpha value is -7.08. The molecule has 4 nitrogen and oxygen atoms in total. The second-order valence-electron chi connectivity index (χ2n) is 15.8. The monoisotopic (exact) mass is 762 g/mol. The molecule has 0 amide bonds. The van der Waals surface area contributed by atoms with Crippen LogP contribution in [0.3, 0.4) is 0 Å². The summed E-state index contributed by atoms with van der Waals surface area (Å²) in [5.41, 5.74) is 17.4. The zero-order chi connectivity index (χ0) is 38.5. The van der Waals surface area contributed by atoms with Crippen molar-refractivity contribution in [2.45, 2.75) is 19.3 Å². The number of hydrogen-bond donors (Lipinski definition) is 0. The first-order chi connectivity index (χ1) is 28.4. The molecule has 274 valence electrons. The molecular weight excluding hydrogens is 729 g/mol. The van der Waals surface area contributed by atoms with Gasteiger partial charge < -0.3 is 8.83 Å². The van der Waals surface area contributed by atoms with Crippen LogP contribution in [-0.2, 0) is 5.41 Å². The predicted molar refractivity (Wildman–Crippen MR) is 239 cm³/mol. The van der Waals surface area contributed by atoms with Crippen molar-refractivity contribution in [1.29, 1.82) is 0 Å². The van der Waals surface area contributed by atoms with Crippen LogP contribution in [0, 0.1) is 0 Å². The van der Waals surface area contributed by atoms with Gasteiger partial charge in [-0.05, 0) is 141 Å². The minimum Gasteiger partial charge on any atom is -0.436 e. The summed E-state index contributed by atoms with van der Waals surface area (Å²) in [7, 11) is 0. The number of thiophene rings is 1. The first-order valence-corrected chi connectivity index (χ1v) is 20.4. The number of para-hydroxylation sites is 4. The van der Waals surface area contributed by atoms with Gasteiger partial charge in [-0.2, -0.15) is 0 Å². The number of benzene rings is 8. The fourth-order valence-corrected chi connectivity index (χ4v) is 10.1. The van der Waals surface area contributed by atoms with Gasteiger partial charge in [0.2, 0.25) is 11.8 Å². The number of hydrogen-bond acceptors (Lipinski definition) is 5. The first-order valence-electron chi connectivity index (χ1n) is 19.6. The van der Waals surface area contributed by atoms with E-state index in [9.17, 15) is 0 Å². The summed E-state index contributed by atoms with van der Waals surface area (Å²) in [6.07, 6.45) is 0. The molecule has 0 bridgehead atoms. The Morgan fingerprint density at radius 2 is 0.948 bits per heavy atom. The number of rotatable bonds is 5. The van der Waals surface area contributed by atoms with E-state index in [-0.39, 0.29) is 5.41 Å². The smallest absolute Gasteiger partial charge is 0.227 e. The van der Waals surface area contributed by atoms with E-state index in [4.69, 9.17) is 18.8 Å². The molecule has 0 unspecified atom stereocenters. The van der Waals surface area contributed by atoms with Crippen molar-refractivity contribution in [3.63, 3.8) is 0 Å². The Bertz CT molecular complexity index is 3220. The molecule has 12 rings (SSSR count). The lowest BCUT2D eigenvalue weighted by molar-refractivity contribution is 0.619. The van der Waals surface area contributed by atoms with Crippen LogP contribution in [0.1, 0.15) is 25.0 Å². The van der Waals surface area contributed by atoms with Crippen LogP contribution in [0.4, 0.5) is 0 Å². The Kier molecular flexibility index (Phi) is 7.11. The maximum atomic E-state index is 6.11. The van der Waals surface area contributed by atoms with Crippen molar-refractivity contribution in [2.24, 2.45) is 0 Å². The summed E-state index contributed by atoms with van der Waals surface area (Å²) in [6.45, 7) is 4.75. The average Bonchev–Trinajstić information content (AvgIpc) is 4.05. The van der Waals surface area contributed by atoms with E-state index in [0.717, 1.165) is 55.6 Å². The number of nitrogens with zero attached hydrogens (tertiary/aromatic N) is 2. The second-order valence-corrected chi connectivity index (χ2v) is 16.9. The molecule has 58 heavy (non-hydrogen) atoms. The van der Waals surface area contributed by atoms with Crippen LogP contribution in [0.15, 0.2) is 179 Å². The van der Waals surface area contributed by atoms with Crippen LogP contribution >= 0.6 is 11.3 Å². The highest BCUT2D eigenvalue weighted by molar-refractivity contribution is 7.26. The van der Waals surface area contributed by atoms with E-state index < -0.39 is 0 Å². The third-order valence-corrected chi connectivity index (χ3v) is 13.1. The molecule has 0 aliphatic heterocycles. The average molecular weight is 763 g/mol. The molecule has 0 atom stereocenters. The molecule has 1 aliphatic carbocycles. The predicted octanol–water partition coefficient (Wildman–Crippen LogP) is 15.0. The van der Waals surface area contributed by atoms with Crippen molar-refractivity contribution in [3.8, 4) is 67.4 Å². The van der Waals surface area contributed by atoms with Gasteiger partial charge in [-0.1, -0.05) is 98.8 Å². The molecule has 5 heteroatoms. The lowest BCUT2D eigenvalue weighted by Gasteiger charge is -2.22. The maximum absolute atomic E-state index is 6.11. The van der Waals surface area contributed by atoms with Crippen molar-refractivity contribution >= 4 is 53.7 Å². The summed E-state index contributed by atoms with van der Waals surface area (Å²) in [5, 5.41) is 2.72. The second kappa shape index (κ2) is 12.5. The molecule has 0 saturated heterocycles. The first kappa shape index (κ1) is 33.1. The zero-order valence-corrected chi connectivity index (χ0v) is 32.6. The lowest BCUT2D eigenvalue weighted by Crippen LogP contribution is -2.14. The van der Waals surface area contributed by atoms with Gasteiger partial charge in [0, 0.05) is 36.7 Å². The normalized spacial score (nSPS) is 13.1. The molecular formula is C53H34N2O2S. The minimum absolute atomic E-state index is 0.153. The van der Waals surface area contributed by atoms with Gasteiger partial charge in [0.05, 0.1) is 0 Å². The highest BCUT2D eigenvalue weighted by Crippen LogP contribution is 2.54. The van der Waals surface area contributed by atoms with Gasteiger partial charge in [0.15, 0.2) is 11.2 Å². The minimum atomic E-state index is -0.153. The van der Waals surface area contributed by atoms with E-state index in [1.165, 1.54) is 53.6 Å². The van der Waals surface area contributed by atoms with E-state index in [1.54, 1.807) is 0 Å². The Morgan fingerprint density at radius 3 is 1.55 bits per heavy atom. The molecule has 1 aliphatic rings. The summed E-state index contributed by atoms with van der Waals surface area (Å²) in [6, 6.07) is 60.4. The van der Waals surface area contributed by atoms with Crippen LogP contribution in [0.5, 0.6) is 0 Å². The van der Waals surface area contributed by atoms with Gasteiger partial charge in [-0.15, -0.1) is 11.3 Å². The molecule has 0 spiro atoms. The number of fused-ring (bicyclic) bond motifs is 9. The fourth-order valence-electron chi connectivity index (χ4n) is 8.95. The zero-order valence-electron chi connectivity index (χ0n) is 31.8. The molecule has 0 saturated carbocycles. The molecule has 0 N–H and O–H groups in total. The van der Waals surface area contributed by atoms with E-state index >= 15 is 0 Å². The maximum Gasteiger partial charge on any atom is 0.227 e. The molecule has 0 fully saturated rings. The fraction of sp³-hybridized carbons (Fsp3) is 0.0566. The molecule has 3 heterocycles. The summed E-state index contributed by atoms with van der Waals surface area (Å²) < 4.78 is 14.9. The van der Waals surface area contributed by atoms with Gasteiger partial charge in [-0.25, -0.2) is 9.97 Å². The lowest BCUT2D eigenvalue weighted by atomic mass is 9.81. The molecule has 8 aromatic carbocycles. The summed E-state index contributed by atoms with van der Waals surface area (Å²) in [4.78, 5) is 9.48. The van der Waals surface area contributed by atoms with Gasteiger partial charge in [0.1, 0.15) is 11.0 Å². The van der Waals surface area contributed by atoms with Crippen molar-refractivity contribution in [1.82, 2.24) is 9.97 Å². The van der Waals surface area contributed by atoms with Crippen LogP contribution in [0.2, 0.25) is 0 Å². The number of oxazole rings is 2. The Balaban J connectivity index is 0.981. The molecule has 11 aromatic rings. The third kappa shape index (κ3) is 5.13. The van der Waals surface area contributed by atoms with Crippen LogP contribution in [0.25, 0.3) is 110 Å². The summed E-state index contributed by atoms with van der Waals surface area (Å²) >= 11 is 1.88. The van der Waals surface area contributed by atoms with Crippen LogP contribution in [-0.4, -0.2) is 9.97 Å². The summed E-state index contributed by atoms with van der Waals surface area (Å²) in [5.74, 6) is 1.24. The van der Waals surface area contributed by atoms with Gasteiger partial charge in [-0.3, -0.25) is 0 Å². The topological polar surface area (TPSA) is 52.1 Å². The van der Waals surface area contributed by atoms with E-state index in [1.807, 2.05) is 59.9 Å². The highest BCUT2D eigenvalue weighted by atomic mass is 32.1. The Labute approximate surface area is 338 Å². The van der Waals surface area contributed by atoms with Gasteiger partial charge in [0.25, 0.3) is 0 Å². The van der Waals surface area contributed by atoms with Crippen molar-refractivity contribution < 1.29 is 8.83 Å².